The number of esters is 3. The van der Waals surface area contributed by atoms with Crippen molar-refractivity contribution in [3.63, 3.8) is 0 Å². The van der Waals surface area contributed by atoms with Gasteiger partial charge in [-0.25, -0.2) is 33.9 Å². The molecule has 103 heavy (non-hydrogen) atoms. The first-order valence-corrected chi connectivity index (χ1v) is 33.9. The maximum Gasteiger partial charge on any atom is 0.343 e. The fourth-order valence-electron chi connectivity index (χ4n) is 11.1. The highest BCUT2D eigenvalue weighted by Crippen LogP contribution is 2.39. The summed E-state index contributed by atoms with van der Waals surface area (Å²) in [6, 6.07) is 99.5. The fraction of sp³-hybridized carbons (Fsp3) is 0.0978. The van der Waals surface area contributed by atoms with E-state index >= 15 is 0 Å². The van der Waals surface area contributed by atoms with Gasteiger partial charge in [0, 0.05) is 0 Å². The second-order valence-electron chi connectivity index (χ2n) is 24.0. The predicted molar refractivity (Wildman–Crippen MR) is 409 cm³/mol. The first-order valence-electron chi connectivity index (χ1n) is 33.9. The lowest BCUT2D eigenvalue weighted by Gasteiger charge is -2.27. The summed E-state index contributed by atoms with van der Waals surface area (Å²) < 4.78 is 23.1. The van der Waals surface area contributed by atoms with E-state index in [1.165, 1.54) is 5.56 Å². The number of hydrogen-bond acceptors (Lipinski definition) is 11. The van der Waals surface area contributed by atoms with E-state index in [-0.39, 0.29) is 24.5 Å². The molecule has 0 heterocycles. The molecule has 12 rings (SSSR count). The molecular weight excluding hydrogens is 1280 g/mol. The number of methoxy groups -OCH3 is 1. The Morgan fingerprint density at radius 3 is 0.951 bits per heavy atom. The van der Waals surface area contributed by atoms with E-state index in [1.54, 1.807) is 67.8 Å². The molecule has 0 amide bonds. The summed E-state index contributed by atoms with van der Waals surface area (Å²) in [5.74, 6) is -0.656. The molecule has 11 nitrogen and oxygen atoms in total. The molecule has 0 N–H and O–H groups in total. The summed E-state index contributed by atoms with van der Waals surface area (Å²) >= 11 is 0. The zero-order valence-corrected chi connectivity index (χ0v) is 57.3. The van der Waals surface area contributed by atoms with Crippen LogP contribution >= 0.6 is 0 Å². The van der Waals surface area contributed by atoms with Crippen molar-refractivity contribution < 1.29 is 52.9 Å². The van der Waals surface area contributed by atoms with Crippen molar-refractivity contribution in [3.05, 3.63) is 418 Å². The molecule has 0 spiro atoms. The van der Waals surface area contributed by atoms with Crippen LogP contribution in [-0.4, -0.2) is 25.0 Å². The molecule has 12 aromatic carbocycles. The van der Waals surface area contributed by atoms with Crippen LogP contribution in [0.2, 0.25) is 0 Å². The second kappa shape index (κ2) is 37.2. The van der Waals surface area contributed by atoms with E-state index in [0.29, 0.717) is 16.9 Å². The molecule has 0 unspecified atom stereocenters. The molecule has 0 aliphatic rings. The van der Waals surface area contributed by atoms with Crippen LogP contribution in [0, 0.1) is 0 Å². The first-order chi connectivity index (χ1) is 50.6. The summed E-state index contributed by atoms with van der Waals surface area (Å²) in [5, 5.41) is 0. The van der Waals surface area contributed by atoms with Crippen LogP contribution in [0.4, 0.5) is 0 Å². The number of carbonyl (C=O) groups is 3. The van der Waals surface area contributed by atoms with Crippen molar-refractivity contribution >= 4 is 54.4 Å². The van der Waals surface area contributed by atoms with Crippen LogP contribution in [0.25, 0.3) is 47.6 Å². The van der Waals surface area contributed by atoms with E-state index in [2.05, 4.69) is 92.9 Å². The van der Waals surface area contributed by atoms with Gasteiger partial charge in [-0.15, -0.1) is 0 Å². The van der Waals surface area contributed by atoms with Crippen LogP contribution in [0.3, 0.4) is 0 Å². The number of ether oxygens (including phenoxy) is 4. The Kier molecular flexibility index (Phi) is 26.0. The largest absolute Gasteiger partial charge is 0.497 e. The van der Waals surface area contributed by atoms with Gasteiger partial charge in [0.05, 0.1) is 23.8 Å². The predicted octanol–water partition coefficient (Wildman–Crippen LogP) is 22.0. The zero-order valence-electron chi connectivity index (χ0n) is 57.3. The van der Waals surface area contributed by atoms with Crippen molar-refractivity contribution in [1.82, 2.24) is 0 Å². The number of hydrogen-bond donors (Lipinski definition) is 0. The number of benzene rings is 12. The third-order valence-electron chi connectivity index (χ3n) is 17.0. The summed E-state index contributed by atoms with van der Waals surface area (Å²) in [6.07, 6.45) is 9.74. The monoisotopic (exact) mass is 1360 g/mol. The van der Waals surface area contributed by atoms with E-state index < -0.39 is 42.3 Å². The Labute approximate surface area is 602 Å². The lowest BCUT2D eigenvalue weighted by atomic mass is 9.98. The molecule has 0 radical (unpaired) electrons. The highest BCUT2D eigenvalue weighted by molar-refractivity contribution is 5.92. The van der Waals surface area contributed by atoms with Gasteiger partial charge in [-0.3, -0.25) is 0 Å². The van der Waals surface area contributed by atoms with E-state index in [0.717, 1.165) is 84.3 Å². The molecule has 0 saturated carbocycles. The first kappa shape index (κ1) is 71.9. The molecule has 512 valence electrons. The van der Waals surface area contributed by atoms with Gasteiger partial charge >= 0.3 is 17.9 Å². The topological polar surface area (TPSA) is 125 Å². The van der Waals surface area contributed by atoms with Gasteiger partial charge in [0.2, 0.25) is 0 Å². The maximum atomic E-state index is 13.7. The molecule has 0 aliphatic heterocycles. The molecule has 0 aliphatic carbocycles. The van der Waals surface area contributed by atoms with Crippen LogP contribution in [0.15, 0.2) is 329 Å². The van der Waals surface area contributed by atoms with E-state index in [1.807, 2.05) is 218 Å². The van der Waals surface area contributed by atoms with Gasteiger partial charge in [0.1, 0.15) is 24.7 Å². The van der Waals surface area contributed by atoms with Crippen molar-refractivity contribution in [1.29, 1.82) is 0 Å². The number of aryl methyl sites for hydroxylation is 1. The molecule has 4 atom stereocenters. The van der Waals surface area contributed by atoms with Gasteiger partial charge in [-0.05, 0) is 151 Å². The average Bonchev–Trinajstić information content (AvgIpc) is 0.824. The summed E-state index contributed by atoms with van der Waals surface area (Å²) in [7, 11) is 1.55. The molecule has 0 saturated heterocycles. The molecule has 0 bridgehead atoms. The third kappa shape index (κ3) is 20.9. The van der Waals surface area contributed by atoms with Crippen LogP contribution in [0.1, 0.15) is 135 Å². The molecule has 0 aromatic heterocycles. The molecule has 11 heteroatoms. The summed E-state index contributed by atoms with van der Waals surface area (Å²) in [6.45, 7) is 10.1. The number of rotatable bonds is 29. The van der Waals surface area contributed by atoms with Crippen molar-refractivity contribution in [3.8, 4) is 22.6 Å². The van der Waals surface area contributed by atoms with E-state index in [4.69, 9.17) is 38.5 Å². The summed E-state index contributed by atoms with van der Waals surface area (Å²) in [5.41, 5.74) is 16.0. The zero-order chi connectivity index (χ0) is 71.4. The Hall–Kier alpha value is -12.4. The minimum atomic E-state index is -0.869. The van der Waals surface area contributed by atoms with Crippen LogP contribution < -0.4 is 9.47 Å². The average molecular weight is 1360 g/mol. The smallest absolute Gasteiger partial charge is 0.343 e. The van der Waals surface area contributed by atoms with Gasteiger partial charge < -0.3 is 18.9 Å². The summed E-state index contributed by atoms with van der Waals surface area (Å²) in [4.78, 5) is 63.9. The Bertz CT molecular complexity index is 4700. The molecule has 0 fully saturated rings. The fourth-order valence-corrected chi connectivity index (χ4v) is 11.1. The third-order valence-corrected chi connectivity index (χ3v) is 17.0. The quantitative estimate of drug-likeness (QED) is 0.0146. The Balaban J connectivity index is 0.000000207. The number of carbonyl (C=O) groups excluding carboxylic acids is 3. The molecular formula is C92H78O11. The van der Waals surface area contributed by atoms with Crippen LogP contribution in [0.5, 0.6) is 11.5 Å². The van der Waals surface area contributed by atoms with Crippen molar-refractivity contribution in [2.45, 2.75) is 51.0 Å². The standard InChI is InChI=1S/C46H38O7.C46H40O4/c1-3-33-14-16-34(17-15-33)18-19-35-20-22-36(23-21-35)32-50-53-44(38-12-8-5-9-13-38)43(37-10-6-4-7-11-37)52-46(48)40-26-30-42(31-27-40)51-45(47)39-24-28-41(49-2)29-25-39;1-3-34-15-17-36(18-16-34)19-20-37-21-23-38(24-22-37)33-48-50-45(42-13-9-6-10-14-42)44(41-11-7-5-8-12-41)49-46(47)43-31-29-40(30-32-43)39-27-25-35(4-2)26-28-39/h3-31,43-44H,1,32H2,2H3;3,5-32,44-45H,1,4,33H2,2H3/b19-18+;20-19+/t43-,44-;44-,45-/m00/s1. The molecule has 12 aromatic rings. The minimum Gasteiger partial charge on any atom is -0.497 e. The van der Waals surface area contributed by atoms with Crippen molar-refractivity contribution in [2.75, 3.05) is 7.11 Å². The Morgan fingerprint density at radius 1 is 0.320 bits per heavy atom. The normalized spacial score (nSPS) is 12.2. The maximum absolute atomic E-state index is 13.7. The van der Waals surface area contributed by atoms with Gasteiger partial charge in [-0.2, -0.15) is 0 Å². The highest BCUT2D eigenvalue weighted by atomic mass is 17.2. The minimum absolute atomic E-state index is 0.169. The van der Waals surface area contributed by atoms with E-state index in [9.17, 15) is 14.4 Å². The van der Waals surface area contributed by atoms with Gasteiger partial charge in [0.15, 0.2) is 24.4 Å². The highest BCUT2D eigenvalue weighted by Gasteiger charge is 2.33. The van der Waals surface area contributed by atoms with Crippen molar-refractivity contribution in [2.24, 2.45) is 0 Å². The van der Waals surface area contributed by atoms with Crippen LogP contribution in [-0.2, 0) is 48.7 Å². The van der Waals surface area contributed by atoms with Gasteiger partial charge in [0.25, 0.3) is 0 Å². The lowest BCUT2D eigenvalue weighted by Crippen LogP contribution is -2.21. The Morgan fingerprint density at radius 2 is 0.612 bits per heavy atom. The lowest BCUT2D eigenvalue weighted by molar-refractivity contribution is -0.350. The SMILES string of the molecule is C=Cc1ccc(/C=C/c2ccc(COO[C@@H](c3ccccc3)[C@@H](OC(=O)c3ccc(-c4ccc(CC)cc4)cc3)c3ccccc3)cc2)cc1.C=Cc1ccc(/C=C/c2ccc(COO[C@@H](c3ccccc3)[C@@H](OC(=O)c3ccc(OC(=O)c4ccc(OC)cc4)cc3)c3ccccc3)cc2)cc1. The van der Waals surface area contributed by atoms with Gasteiger partial charge in [-0.1, -0.05) is 311 Å². The second-order valence-corrected chi connectivity index (χ2v) is 24.0.